The molecule has 1 heterocycles. The van der Waals surface area contributed by atoms with Crippen LogP contribution in [-0.4, -0.2) is 26.9 Å². The first-order valence-corrected chi connectivity index (χ1v) is 8.38. The zero-order valence-electron chi connectivity index (χ0n) is 12.4. The van der Waals surface area contributed by atoms with Gasteiger partial charge in [0, 0.05) is 23.6 Å². The van der Waals surface area contributed by atoms with Crippen molar-refractivity contribution in [1.82, 2.24) is 0 Å². The number of fused-ring (bicyclic) bond motifs is 1. The second kappa shape index (κ2) is 6.05. The molecule has 0 aromatic heterocycles. The van der Waals surface area contributed by atoms with Gasteiger partial charge in [0.15, 0.2) is 11.5 Å². The molecule has 0 radical (unpaired) electrons. The molecule has 0 atom stereocenters. The monoisotopic (exact) mass is 355 g/mol. The minimum absolute atomic E-state index is 0.0713. The maximum Gasteiger partial charge on any atom is 0.168 e. The van der Waals surface area contributed by atoms with Crippen LogP contribution >= 0.6 is 15.9 Å². The highest BCUT2D eigenvalue weighted by atomic mass is 79.9. The largest absolute Gasteiger partial charge is 0.495 e. The number of hydrogen-bond donors (Lipinski definition) is 1. The molecule has 2 aliphatic rings. The maximum absolute atomic E-state index is 6.21. The molecule has 0 saturated heterocycles. The van der Waals surface area contributed by atoms with Crippen LogP contribution in [0.5, 0.6) is 17.2 Å². The molecule has 4 nitrogen and oxygen atoms in total. The van der Waals surface area contributed by atoms with Gasteiger partial charge in [-0.3, -0.25) is 0 Å². The van der Waals surface area contributed by atoms with Gasteiger partial charge in [0.2, 0.25) is 0 Å². The quantitative estimate of drug-likeness (QED) is 0.902. The Morgan fingerprint density at radius 1 is 1.24 bits per heavy atom. The van der Waals surface area contributed by atoms with E-state index in [1.165, 1.54) is 19.3 Å². The Labute approximate surface area is 134 Å². The van der Waals surface area contributed by atoms with Crippen molar-refractivity contribution in [2.45, 2.75) is 37.5 Å². The average Bonchev–Trinajstić information content (AvgIpc) is 2.54. The fourth-order valence-electron chi connectivity index (χ4n) is 3.60. The molecule has 1 aromatic rings. The minimum Gasteiger partial charge on any atom is -0.495 e. The van der Waals surface area contributed by atoms with Gasteiger partial charge >= 0.3 is 0 Å². The van der Waals surface area contributed by atoms with Gasteiger partial charge in [0.25, 0.3) is 0 Å². The summed E-state index contributed by atoms with van der Waals surface area (Å²) in [5, 5.41) is 0. The third-order valence-electron chi connectivity index (χ3n) is 4.68. The molecule has 2 N–H and O–H groups in total. The lowest BCUT2D eigenvalue weighted by atomic mass is 9.68. The van der Waals surface area contributed by atoms with E-state index in [4.69, 9.17) is 19.9 Å². The summed E-state index contributed by atoms with van der Waals surface area (Å²) in [6.07, 6.45) is 5.82. The number of ether oxygens (including phenoxy) is 3. The standard InChI is InChI=1S/C16H22BrNO3/c1-19-14-11(17)9-12-15(21-8-7-20-12)13(14)16(10-18)5-3-2-4-6-16/h9H,2-8,10,18H2,1H3. The van der Waals surface area contributed by atoms with E-state index in [0.717, 1.165) is 40.1 Å². The molecule has 5 heteroatoms. The van der Waals surface area contributed by atoms with Crippen LogP contribution in [0.1, 0.15) is 37.7 Å². The van der Waals surface area contributed by atoms with Crippen molar-refractivity contribution in [3.8, 4) is 17.2 Å². The van der Waals surface area contributed by atoms with Crippen LogP contribution in [0, 0.1) is 0 Å². The van der Waals surface area contributed by atoms with E-state index < -0.39 is 0 Å². The first-order chi connectivity index (χ1) is 10.2. The van der Waals surface area contributed by atoms with Crippen LogP contribution in [0.2, 0.25) is 0 Å². The highest BCUT2D eigenvalue weighted by Crippen LogP contribution is 2.53. The van der Waals surface area contributed by atoms with Gasteiger partial charge in [-0.25, -0.2) is 0 Å². The van der Waals surface area contributed by atoms with E-state index in [-0.39, 0.29) is 5.41 Å². The van der Waals surface area contributed by atoms with Gasteiger partial charge in [-0.1, -0.05) is 19.3 Å². The smallest absolute Gasteiger partial charge is 0.168 e. The van der Waals surface area contributed by atoms with Gasteiger partial charge in [0.1, 0.15) is 19.0 Å². The molecule has 1 aromatic carbocycles. The van der Waals surface area contributed by atoms with Crippen LogP contribution in [0.4, 0.5) is 0 Å². The van der Waals surface area contributed by atoms with Crippen molar-refractivity contribution in [3.63, 3.8) is 0 Å². The lowest BCUT2D eigenvalue weighted by molar-refractivity contribution is 0.162. The van der Waals surface area contributed by atoms with Crippen LogP contribution in [-0.2, 0) is 5.41 Å². The summed E-state index contributed by atoms with van der Waals surface area (Å²) in [6, 6.07) is 1.93. The number of hydrogen-bond acceptors (Lipinski definition) is 4. The van der Waals surface area contributed by atoms with Crippen molar-refractivity contribution in [1.29, 1.82) is 0 Å². The number of halogens is 1. The maximum atomic E-state index is 6.21. The number of methoxy groups -OCH3 is 1. The van der Waals surface area contributed by atoms with E-state index in [1.54, 1.807) is 7.11 Å². The van der Waals surface area contributed by atoms with Crippen molar-refractivity contribution >= 4 is 15.9 Å². The molecule has 0 bridgehead atoms. The number of nitrogens with two attached hydrogens (primary N) is 1. The van der Waals surface area contributed by atoms with Crippen molar-refractivity contribution in [3.05, 3.63) is 16.1 Å². The molecule has 3 rings (SSSR count). The lowest BCUT2D eigenvalue weighted by Gasteiger charge is -2.39. The Balaban J connectivity index is 2.20. The van der Waals surface area contributed by atoms with Gasteiger partial charge in [-0.15, -0.1) is 0 Å². The van der Waals surface area contributed by atoms with Crippen molar-refractivity contribution in [2.75, 3.05) is 26.9 Å². The Kier molecular flexibility index (Phi) is 4.31. The molecule has 0 amide bonds. The first kappa shape index (κ1) is 15.0. The van der Waals surface area contributed by atoms with E-state index in [0.29, 0.717) is 19.8 Å². The Bertz CT molecular complexity index is 527. The molecule has 1 aliphatic heterocycles. The third-order valence-corrected chi connectivity index (χ3v) is 5.26. The van der Waals surface area contributed by atoms with Gasteiger partial charge in [0.05, 0.1) is 11.6 Å². The number of benzene rings is 1. The highest BCUT2D eigenvalue weighted by molar-refractivity contribution is 9.10. The Hall–Kier alpha value is -0.940. The Morgan fingerprint density at radius 2 is 1.95 bits per heavy atom. The van der Waals surface area contributed by atoms with Crippen molar-refractivity contribution in [2.24, 2.45) is 5.73 Å². The predicted octanol–water partition coefficient (Wildman–Crippen LogP) is 3.39. The predicted molar refractivity (Wildman–Crippen MR) is 85.5 cm³/mol. The average molecular weight is 356 g/mol. The third kappa shape index (κ3) is 2.50. The van der Waals surface area contributed by atoms with Crippen LogP contribution in [0.15, 0.2) is 10.5 Å². The van der Waals surface area contributed by atoms with Crippen LogP contribution in [0.25, 0.3) is 0 Å². The summed E-state index contributed by atoms with van der Waals surface area (Å²) in [6.45, 7) is 1.77. The second-order valence-corrected chi connectivity index (χ2v) is 6.69. The SMILES string of the molecule is COc1c(Br)cc2c(c1C1(CN)CCCCC1)OCCO2. The lowest BCUT2D eigenvalue weighted by Crippen LogP contribution is -2.38. The van der Waals surface area contributed by atoms with Gasteiger partial charge < -0.3 is 19.9 Å². The second-order valence-electron chi connectivity index (χ2n) is 5.84. The van der Waals surface area contributed by atoms with Crippen molar-refractivity contribution < 1.29 is 14.2 Å². The Morgan fingerprint density at radius 3 is 2.62 bits per heavy atom. The van der Waals surface area contributed by atoms with E-state index in [2.05, 4.69) is 15.9 Å². The zero-order valence-corrected chi connectivity index (χ0v) is 14.0. The fraction of sp³-hybridized carbons (Fsp3) is 0.625. The molecule has 1 aliphatic carbocycles. The summed E-state index contributed by atoms with van der Waals surface area (Å²) in [7, 11) is 1.70. The summed E-state index contributed by atoms with van der Waals surface area (Å²) in [5.41, 5.74) is 7.23. The molecular weight excluding hydrogens is 334 g/mol. The molecular formula is C16H22BrNO3. The number of rotatable bonds is 3. The fourth-order valence-corrected chi connectivity index (χ4v) is 4.17. The summed E-state index contributed by atoms with van der Waals surface area (Å²) in [4.78, 5) is 0. The van der Waals surface area contributed by atoms with E-state index >= 15 is 0 Å². The molecule has 0 unspecified atom stereocenters. The van der Waals surface area contributed by atoms with Crippen LogP contribution in [0.3, 0.4) is 0 Å². The normalized spacial score (nSPS) is 20.1. The van der Waals surface area contributed by atoms with E-state index in [9.17, 15) is 0 Å². The van der Waals surface area contributed by atoms with Gasteiger partial charge in [-0.05, 0) is 28.8 Å². The van der Waals surface area contributed by atoms with E-state index in [1.807, 2.05) is 6.07 Å². The topological polar surface area (TPSA) is 53.7 Å². The summed E-state index contributed by atoms with van der Waals surface area (Å²) in [5.74, 6) is 2.46. The molecule has 0 spiro atoms. The zero-order chi connectivity index (χ0) is 14.9. The summed E-state index contributed by atoms with van der Waals surface area (Å²) >= 11 is 3.61. The molecule has 116 valence electrons. The minimum atomic E-state index is -0.0713. The first-order valence-electron chi connectivity index (χ1n) is 7.58. The molecule has 1 fully saturated rings. The summed E-state index contributed by atoms with van der Waals surface area (Å²) < 4.78 is 18.3. The highest BCUT2D eigenvalue weighted by Gasteiger charge is 2.40. The van der Waals surface area contributed by atoms with Gasteiger partial charge in [-0.2, -0.15) is 0 Å². The molecule has 1 saturated carbocycles. The molecule has 21 heavy (non-hydrogen) atoms. The van der Waals surface area contributed by atoms with Crippen LogP contribution < -0.4 is 19.9 Å².